The van der Waals surface area contributed by atoms with Crippen LogP contribution in [0.1, 0.15) is 32.1 Å². The van der Waals surface area contributed by atoms with Gasteiger partial charge in [0.1, 0.15) is 10.7 Å². The van der Waals surface area contributed by atoms with E-state index < -0.39 is 0 Å². The molecule has 0 aliphatic carbocycles. The molecule has 6 heteroatoms. The number of thiazole rings is 1. The van der Waals surface area contributed by atoms with Crippen molar-refractivity contribution in [2.24, 2.45) is 0 Å². The van der Waals surface area contributed by atoms with E-state index in [1.54, 1.807) is 5.51 Å². The highest BCUT2D eigenvalue weighted by Gasteiger charge is 2.20. The molecule has 1 aliphatic heterocycles. The van der Waals surface area contributed by atoms with Crippen molar-refractivity contribution >= 4 is 23.1 Å². The Kier molecular flexibility index (Phi) is 4.67. The Labute approximate surface area is 156 Å². The van der Waals surface area contributed by atoms with Crippen molar-refractivity contribution in [3.05, 3.63) is 75.4 Å². The van der Waals surface area contributed by atoms with Crippen LogP contribution in [0.25, 0.3) is 0 Å². The van der Waals surface area contributed by atoms with Crippen molar-refractivity contribution in [2.75, 3.05) is 11.4 Å². The minimum absolute atomic E-state index is 0.0798. The minimum Gasteiger partial charge on any atom is -0.352 e. The van der Waals surface area contributed by atoms with E-state index >= 15 is 0 Å². The zero-order valence-electron chi connectivity index (χ0n) is 14.6. The average molecular weight is 364 g/mol. The molecule has 2 aromatic heterocycles. The minimum atomic E-state index is -0.0798. The summed E-state index contributed by atoms with van der Waals surface area (Å²) >= 11 is 1.37. The molecule has 4 rings (SSSR count). The van der Waals surface area contributed by atoms with Crippen LogP contribution in [0.2, 0.25) is 0 Å². The maximum absolute atomic E-state index is 12.4. The monoisotopic (exact) mass is 364 g/mol. The van der Waals surface area contributed by atoms with E-state index in [0.717, 1.165) is 36.6 Å². The summed E-state index contributed by atoms with van der Waals surface area (Å²) in [4.78, 5) is 24.1. The number of rotatable bonds is 4. The summed E-state index contributed by atoms with van der Waals surface area (Å²) in [6, 6.07) is 12.5. The molecule has 0 bridgehead atoms. The number of carbonyl (C=O) groups excluding carboxylic acids is 1. The fourth-order valence-corrected chi connectivity index (χ4v) is 4.02. The second kappa shape index (κ2) is 7.25. The molecule has 0 radical (unpaired) electrons. The third-order valence-corrected chi connectivity index (χ3v) is 5.62. The number of carbonyl (C=O) groups is 1. The number of amides is 1. The quantitative estimate of drug-likeness (QED) is 0.771. The number of pyridine rings is 1. The predicted molar refractivity (Wildman–Crippen MR) is 103 cm³/mol. The highest BCUT2D eigenvalue weighted by atomic mass is 32.1. The van der Waals surface area contributed by atoms with Crippen LogP contribution in [0.3, 0.4) is 0 Å². The van der Waals surface area contributed by atoms with E-state index in [-0.39, 0.29) is 5.91 Å². The number of hydrogen-bond acceptors (Lipinski definition) is 5. The van der Waals surface area contributed by atoms with Gasteiger partial charge in [-0.2, -0.15) is 0 Å². The lowest BCUT2D eigenvalue weighted by Gasteiger charge is -2.31. The van der Waals surface area contributed by atoms with Gasteiger partial charge in [0.15, 0.2) is 0 Å². The molecule has 1 N–H and O–H groups in total. The largest absolute Gasteiger partial charge is 0.352 e. The molecule has 1 aliphatic rings. The lowest BCUT2D eigenvalue weighted by molar-refractivity contribution is 0.0954. The molecule has 1 amide bonds. The second-order valence-corrected chi connectivity index (χ2v) is 7.23. The summed E-state index contributed by atoms with van der Waals surface area (Å²) in [7, 11) is 0. The molecule has 26 heavy (non-hydrogen) atoms. The Morgan fingerprint density at radius 3 is 2.85 bits per heavy atom. The number of hydrogen-bond donors (Lipinski definition) is 1. The van der Waals surface area contributed by atoms with Crippen molar-refractivity contribution in [1.82, 2.24) is 15.3 Å². The first-order valence-corrected chi connectivity index (χ1v) is 9.54. The van der Waals surface area contributed by atoms with Crippen LogP contribution >= 0.6 is 11.3 Å². The molecule has 0 saturated carbocycles. The van der Waals surface area contributed by atoms with Gasteiger partial charge in [0.25, 0.3) is 5.91 Å². The van der Waals surface area contributed by atoms with Gasteiger partial charge >= 0.3 is 0 Å². The van der Waals surface area contributed by atoms with Gasteiger partial charge in [0, 0.05) is 31.4 Å². The first-order valence-electron chi connectivity index (χ1n) is 8.66. The summed E-state index contributed by atoms with van der Waals surface area (Å²) in [5.41, 5.74) is 6.26. The molecule has 132 valence electrons. The topological polar surface area (TPSA) is 58.1 Å². The molecule has 0 unspecified atom stereocenters. The molecule has 3 aromatic rings. The van der Waals surface area contributed by atoms with E-state index in [4.69, 9.17) is 0 Å². The number of nitrogens with zero attached hydrogens (tertiary/aromatic N) is 3. The van der Waals surface area contributed by atoms with Gasteiger partial charge in [0.05, 0.1) is 11.2 Å². The van der Waals surface area contributed by atoms with Gasteiger partial charge in [-0.05, 0) is 30.5 Å². The van der Waals surface area contributed by atoms with Crippen LogP contribution in [0.15, 0.2) is 48.1 Å². The first kappa shape index (κ1) is 16.7. The molecule has 1 aromatic carbocycles. The van der Waals surface area contributed by atoms with Crippen LogP contribution in [0, 0.1) is 6.92 Å². The smallest absolute Gasteiger partial charge is 0.263 e. The van der Waals surface area contributed by atoms with Crippen LogP contribution < -0.4 is 10.2 Å². The third-order valence-electron chi connectivity index (χ3n) is 4.69. The van der Waals surface area contributed by atoms with Crippen molar-refractivity contribution in [3.63, 3.8) is 0 Å². The van der Waals surface area contributed by atoms with Gasteiger partial charge in [-0.25, -0.2) is 9.97 Å². The Bertz CT molecular complexity index is 937. The molecule has 0 spiro atoms. The highest BCUT2D eigenvalue weighted by molar-refractivity contribution is 7.11. The third kappa shape index (κ3) is 3.32. The zero-order chi connectivity index (χ0) is 17.9. The number of aryl methyl sites for hydroxylation is 1. The van der Waals surface area contributed by atoms with Crippen molar-refractivity contribution in [3.8, 4) is 0 Å². The van der Waals surface area contributed by atoms with Gasteiger partial charge in [-0.1, -0.05) is 30.3 Å². The molecule has 0 atom stereocenters. The summed E-state index contributed by atoms with van der Waals surface area (Å²) < 4.78 is 0. The Hall–Kier alpha value is -2.73. The molecular weight excluding hydrogens is 344 g/mol. The Morgan fingerprint density at radius 1 is 1.19 bits per heavy atom. The van der Waals surface area contributed by atoms with E-state index in [2.05, 4.69) is 44.5 Å². The maximum Gasteiger partial charge on any atom is 0.263 e. The predicted octanol–water partition coefficient (Wildman–Crippen LogP) is 3.34. The fourth-order valence-electron chi connectivity index (χ4n) is 3.31. The summed E-state index contributed by atoms with van der Waals surface area (Å²) in [5, 5.41) is 3.01. The number of nitrogens with one attached hydrogen (secondary N) is 1. The van der Waals surface area contributed by atoms with Crippen LogP contribution in [-0.2, 0) is 19.5 Å². The van der Waals surface area contributed by atoms with E-state index in [1.807, 2.05) is 25.3 Å². The van der Waals surface area contributed by atoms with Gasteiger partial charge in [-0.3, -0.25) is 4.79 Å². The number of anilines is 1. The normalized spacial score (nSPS) is 13.3. The highest BCUT2D eigenvalue weighted by Crippen LogP contribution is 2.25. The Balaban J connectivity index is 1.51. The van der Waals surface area contributed by atoms with Crippen LogP contribution in [0.5, 0.6) is 0 Å². The summed E-state index contributed by atoms with van der Waals surface area (Å²) in [5.74, 6) is 0.868. The summed E-state index contributed by atoms with van der Waals surface area (Å²) in [6.45, 7) is 4.09. The fraction of sp³-hybridized carbons (Fsp3) is 0.250. The van der Waals surface area contributed by atoms with Gasteiger partial charge < -0.3 is 10.2 Å². The molecular formula is C20H20N4OS. The van der Waals surface area contributed by atoms with Crippen LogP contribution in [0.4, 0.5) is 5.82 Å². The molecule has 0 fully saturated rings. The summed E-state index contributed by atoms with van der Waals surface area (Å²) in [6.07, 6.45) is 2.83. The maximum atomic E-state index is 12.4. The van der Waals surface area contributed by atoms with Gasteiger partial charge in [-0.15, -0.1) is 11.3 Å². The molecule has 5 nitrogen and oxygen atoms in total. The zero-order valence-corrected chi connectivity index (χ0v) is 15.4. The number of aromatic nitrogens is 2. The first-order chi connectivity index (χ1) is 12.7. The average Bonchev–Trinajstić information content (AvgIpc) is 3.12. The molecule has 3 heterocycles. The second-order valence-electron chi connectivity index (χ2n) is 6.38. The number of benzene rings is 1. The van der Waals surface area contributed by atoms with E-state index in [1.165, 1.54) is 22.5 Å². The standard InChI is InChI=1S/C20H20N4OS/c1-14-18(26-13-23-14)20(25)22-11-16-7-4-9-21-19(16)24-10-8-15-5-2-3-6-17(15)12-24/h2-7,9,13H,8,10-12H2,1H3,(H,22,25). The SMILES string of the molecule is Cc1ncsc1C(=O)NCc1cccnc1N1CCc2ccccc2C1. The lowest BCUT2D eigenvalue weighted by atomic mass is 9.99. The van der Waals surface area contributed by atoms with E-state index in [9.17, 15) is 4.79 Å². The number of fused-ring (bicyclic) bond motifs is 1. The van der Waals surface area contributed by atoms with Crippen molar-refractivity contribution in [1.29, 1.82) is 0 Å². The van der Waals surface area contributed by atoms with Crippen molar-refractivity contribution < 1.29 is 4.79 Å². The van der Waals surface area contributed by atoms with Crippen molar-refractivity contribution in [2.45, 2.75) is 26.4 Å². The molecule has 0 saturated heterocycles. The van der Waals surface area contributed by atoms with Crippen LogP contribution in [-0.4, -0.2) is 22.4 Å². The van der Waals surface area contributed by atoms with Gasteiger partial charge in [0.2, 0.25) is 0 Å². The van der Waals surface area contributed by atoms with E-state index in [0.29, 0.717) is 11.4 Å². The Morgan fingerprint density at radius 2 is 2.04 bits per heavy atom. The lowest BCUT2D eigenvalue weighted by Crippen LogP contribution is -2.32.